The first-order valence-corrected chi connectivity index (χ1v) is 14.1. The number of alkyl halides is 3. The summed E-state index contributed by atoms with van der Waals surface area (Å²) in [5.41, 5.74) is 1.05. The van der Waals surface area contributed by atoms with Gasteiger partial charge in [0.1, 0.15) is 5.82 Å². The molecule has 0 spiro atoms. The van der Waals surface area contributed by atoms with E-state index in [0.717, 1.165) is 11.4 Å². The number of nitrogens with zero attached hydrogens (tertiary/aromatic N) is 6. The molecule has 44 heavy (non-hydrogen) atoms. The van der Waals surface area contributed by atoms with Gasteiger partial charge in [0.2, 0.25) is 0 Å². The highest BCUT2D eigenvalue weighted by Crippen LogP contribution is 2.50. The lowest BCUT2D eigenvalue weighted by Gasteiger charge is -2.46. The van der Waals surface area contributed by atoms with Crippen LogP contribution in [0.5, 0.6) is 0 Å². The summed E-state index contributed by atoms with van der Waals surface area (Å²) < 4.78 is 66.4. The lowest BCUT2D eigenvalue weighted by Crippen LogP contribution is -2.45. The van der Waals surface area contributed by atoms with Crippen LogP contribution < -0.4 is 4.90 Å². The van der Waals surface area contributed by atoms with Crippen molar-refractivity contribution in [2.24, 2.45) is 20.0 Å². The van der Waals surface area contributed by atoms with Gasteiger partial charge in [0.05, 0.1) is 30.9 Å². The number of halogens is 6. The van der Waals surface area contributed by atoms with Gasteiger partial charge in [0.25, 0.3) is 5.91 Å². The lowest BCUT2D eigenvalue weighted by atomic mass is 9.57. The minimum absolute atomic E-state index is 0. The van der Waals surface area contributed by atoms with Crippen LogP contribution in [0, 0.1) is 17.2 Å². The molecule has 0 radical (unpaired) electrons. The molecule has 2 aliphatic heterocycles. The standard InChI is InChI=1S/C30H33F3N6O2.F2.FH/c1-19-16-38(7-8-41-19)17-20-9-24-25(26(10-20)30(31,32)33)18-39(28(24)40)23-6-4-5-22(11-23)29(12-21(13-29)15-34)14-27-35-37(3)36(27)2;1-2;/h4-6,9-11,19,21H,7-8,12-14,16-18H2,1-3H3;;1H/t19-,21?,29?;;/m1../s1. The van der Waals surface area contributed by atoms with Gasteiger partial charge >= 0.3 is 6.18 Å². The Hall–Kier alpha value is -3.83. The van der Waals surface area contributed by atoms with Crippen molar-refractivity contribution >= 4 is 11.6 Å². The quantitative estimate of drug-likeness (QED) is 0.336. The van der Waals surface area contributed by atoms with E-state index < -0.39 is 17.6 Å². The molecule has 1 saturated carbocycles. The fourth-order valence-electron chi connectivity index (χ4n) is 6.65. The van der Waals surface area contributed by atoms with Gasteiger partial charge in [-0.3, -0.25) is 19.1 Å². The average molecular weight is 625 g/mol. The highest BCUT2D eigenvalue weighted by atomic mass is 20.0. The minimum atomic E-state index is -4.58. The Bertz CT molecular complexity index is 1540. The highest BCUT2D eigenvalue weighted by molar-refractivity contribution is 6.10. The predicted octanol–water partition coefficient (Wildman–Crippen LogP) is 5.57. The third-order valence-electron chi connectivity index (χ3n) is 8.93. The zero-order chi connectivity index (χ0) is 31.1. The van der Waals surface area contributed by atoms with Crippen LogP contribution in [-0.4, -0.2) is 51.2 Å². The van der Waals surface area contributed by atoms with Crippen molar-refractivity contribution in [3.05, 3.63) is 70.0 Å². The molecule has 3 aliphatic rings. The van der Waals surface area contributed by atoms with E-state index in [2.05, 4.69) is 16.1 Å². The molecule has 1 amide bonds. The molecular weight excluding hydrogens is 590 g/mol. The number of fused-ring (bicyclic) bond motifs is 1. The number of benzene rings is 2. The average Bonchev–Trinajstić information content (AvgIpc) is 3.30. The zero-order valence-electron chi connectivity index (χ0n) is 24.6. The monoisotopic (exact) mass is 624 g/mol. The Morgan fingerprint density at radius 1 is 1.16 bits per heavy atom. The molecule has 1 aliphatic carbocycles. The van der Waals surface area contributed by atoms with Crippen molar-refractivity contribution in [2.45, 2.75) is 57.0 Å². The van der Waals surface area contributed by atoms with Crippen LogP contribution in [0.1, 0.15) is 58.2 Å². The largest absolute Gasteiger partial charge is 0.416 e. The highest BCUT2D eigenvalue weighted by Gasteiger charge is 2.47. The summed E-state index contributed by atoms with van der Waals surface area (Å²) in [5, 5.41) is 14.0. The van der Waals surface area contributed by atoms with E-state index in [1.165, 1.54) is 11.0 Å². The lowest BCUT2D eigenvalue weighted by molar-refractivity contribution is -0.138. The molecule has 1 saturated heterocycles. The fourth-order valence-corrected chi connectivity index (χ4v) is 6.65. The molecule has 1 atom stereocenters. The molecule has 6 rings (SSSR count). The van der Waals surface area contributed by atoms with Crippen LogP contribution in [-0.2, 0) is 49.9 Å². The van der Waals surface area contributed by atoms with Crippen LogP contribution in [0.25, 0.3) is 0 Å². The second kappa shape index (κ2) is 12.6. The molecule has 3 aromatic rings. The molecule has 238 valence electrons. The second-order valence-corrected chi connectivity index (χ2v) is 11.7. The maximum absolute atomic E-state index is 14.3. The number of carbonyl (C=O) groups is 1. The van der Waals surface area contributed by atoms with Gasteiger partial charge in [-0.1, -0.05) is 12.1 Å². The van der Waals surface area contributed by atoms with Crippen molar-refractivity contribution in [2.75, 3.05) is 24.6 Å². The molecular formula is C30H34F6N6O2. The second-order valence-electron chi connectivity index (χ2n) is 11.7. The van der Waals surface area contributed by atoms with Crippen molar-refractivity contribution in [1.29, 1.82) is 5.26 Å². The fraction of sp³-hybridized carbons (Fsp3) is 0.500. The number of anilines is 1. The molecule has 0 bridgehead atoms. The van der Waals surface area contributed by atoms with Crippen molar-refractivity contribution in [1.82, 2.24) is 19.5 Å². The number of hydrogen-bond acceptors (Lipinski definition) is 5. The van der Waals surface area contributed by atoms with Gasteiger partial charge < -0.3 is 9.64 Å². The molecule has 2 fully saturated rings. The third-order valence-corrected chi connectivity index (χ3v) is 8.93. The van der Waals surface area contributed by atoms with E-state index in [1.807, 2.05) is 43.9 Å². The van der Waals surface area contributed by atoms with Gasteiger partial charge in [0, 0.05) is 71.9 Å². The molecule has 8 nitrogen and oxygen atoms in total. The molecule has 0 N–H and O–H groups in total. The number of aromatic nitrogens is 3. The van der Waals surface area contributed by atoms with Gasteiger partial charge in [-0.05, 0) is 60.7 Å². The SMILES string of the molecule is C[C@@H]1CN(Cc2cc3c(c(C(F)(F)F)c2)CN(c2cccc(C4(Cc5nn(C)n5C)CC(C#N)C4)c2)C3=O)CCO1.F.FF. The summed E-state index contributed by atoms with van der Waals surface area (Å²) in [5.74, 6) is 0.417. The van der Waals surface area contributed by atoms with Crippen LogP contribution in [0.4, 0.5) is 32.7 Å². The number of hydrogen-bond donors (Lipinski definition) is 0. The third kappa shape index (κ3) is 6.08. The summed E-state index contributed by atoms with van der Waals surface area (Å²) in [4.78, 5) is 18.9. The maximum atomic E-state index is 14.3. The van der Waals surface area contributed by atoms with Gasteiger partial charge in [-0.25, -0.2) is 4.80 Å². The Morgan fingerprint density at radius 3 is 2.50 bits per heavy atom. The topological polar surface area (TPSA) is 79.3 Å². The number of ether oxygens (including phenoxy) is 1. The van der Waals surface area contributed by atoms with Crippen LogP contribution in [0.2, 0.25) is 0 Å². The van der Waals surface area contributed by atoms with Crippen LogP contribution >= 0.6 is 0 Å². The zero-order valence-corrected chi connectivity index (χ0v) is 24.6. The first-order valence-electron chi connectivity index (χ1n) is 14.1. The van der Waals surface area contributed by atoms with E-state index in [0.29, 0.717) is 56.8 Å². The summed E-state index contributed by atoms with van der Waals surface area (Å²) in [6, 6.07) is 12.7. The van der Waals surface area contributed by atoms with Crippen molar-refractivity contribution in [3.8, 4) is 6.07 Å². The van der Waals surface area contributed by atoms with E-state index in [9.17, 15) is 23.2 Å². The predicted molar refractivity (Wildman–Crippen MR) is 150 cm³/mol. The summed E-state index contributed by atoms with van der Waals surface area (Å²) >= 11 is 0. The number of morpholine rings is 1. The smallest absolute Gasteiger partial charge is 0.376 e. The van der Waals surface area contributed by atoms with E-state index in [1.54, 1.807) is 16.9 Å². The number of rotatable bonds is 6. The minimum Gasteiger partial charge on any atom is -0.376 e. The Kier molecular flexibility index (Phi) is 9.51. The van der Waals surface area contributed by atoms with Crippen LogP contribution in [0.15, 0.2) is 36.4 Å². The molecule has 0 unspecified atom stereocenters. The summed E-state index contributed by atoms with van der Waals surface area (Å²) in [6.45, 7) is 3.90. The Labute approximate surface area is 250 Å². The number of aryl methyl sites for hydroxylation is 1. The van der Waals surface area contributed by atoms with E-state index >= 15 is 0 Å². The first kappa shape index (κ1) is 33.1. The molecule has 3 heterocycles. The number of amides is 1. The Balaban J connectivity index is 0.00000144. The Morgan fingerprint density at radius 2 is 1.89 bits per heavy atom. The number of nitriles is 1. The summed E-state index contributed by atoms with van der Waals surface area (Å²) in [7, 11) is 3.79. The maximum Gasteiger partial charge on any atom is 0.416 e. The van der Waals surface area contributed by atoms with Crippen molar-refractivity contribution in [3.63, 3.8) is 0 Å². The molecule has 2 aromatic carbocycles. The van der Waals surface area contributed by atoms with Gasteiger partial charge in [-0.2, -0.15) is 18.4 Å². The van der Waals surface area contributed by atoms with Crippen molar-refractivity contribution < 1.29 is 36.6 Å². The van der Waals surface area contributed by atoms with Gasteiger partial charge in [-0.15, -0.1) is 5.10 Å². The normalized spacial score (nSPS) is 23.2. The van der Waals surface area contributed by atoms with E-state index in [-0.39, 0.29) is 39.8 Å². The first-order chi connectivity index (χ1) is 20.5. The van der Waals surface area contributed by atoms with Crippen LogP contribution in [0.3, 0.4) is 0 Å². The summed E-state index contributed by atoms with van der Waals surface area (Å²) in [6.07, 6.45) is -2.60. The number of carbonyl (C=O) groups excluding carboxylic acids is 1. The van der Waals surface area contributed by atoms with E-state index in [4.69, 9.17) is 13.9 Å². The molecule has 14 heteroatoms. The molecule has 1 aromatic heterocycles. The van der Waals surface area contributed by atoms with Gasteiger partial charge in [0.15, 0.2) is 0 Å².